The molecule has 282 valence electrons. The van der Waals surface area contributed by atoms with E-state index in [0.717, 1.165) is 95.1 Å². The maximum atomic E-state index is 5.30. The van der Waals surface area contributed by atoms with Gasteiger partial charge in [-0.15, -0.1) is 0 Å². The molecule has 0 aliphatic heterocycles. The largest absolute Gasteiger partial charge is 0.256 e. The van der Waals surface area contributed by atoms with E-state index >= 15 is 0 Å². The molecular weight excluding hydrogens is 729 g/mol. The molecule has 0 fully saturated rings. The first-order valence-electron chi connectivity index (χ1n) is 20.1. The van der Waals surface area contributed by atoms with Gasteiger partial charge in [-0.1, -0.05) is 133 Å². The van der Waals surface area contributed by atoms with Gasteiger partial charge in [-0.05, 0) is 129 Å². The normalized spacial score (nSPS) is 11.0. The van der Waals surface area contributed by atoms with Crippen molar-refractivity contribution >= 4 is 0 Å². The highest BCUT2D eigenvalue weighted by Crippen LogP contribution is 2.39. The first-order chi connectivity index (χ1) is 29.7. The summed E-state index contributed by atoms with van der Waals surface area (Å²) < 4.78 is 0. The molecule has 0 bridgehead atoms. The number of pyridine rings is 2. The molecule has 4 heteroatoms. The Labute approximate surface area is 350 Å². The van der Waals surface area contributed by atoms with Crippen molar-refractivity contribution in [2.24, 2.45) is 0 Å². The molecule has 3 aromatic heterocycles. The topological polar surface area (TPSA) is 51.6 Å². The SMILES string of the molecule is c1ccc(-c2cc(-c3cc(-c4cc(-c5ccccc5)cc(-c5ccccn5)c4)cc(-c4nc(-c5ccccc5)cc(-c5ccccc5)n4)c3)cc(-c3ccccn3)c2)cc1. The van der Waals surface area contributed by atoms with Gasteiger partial charge in [0.15, 0.2) is 5.82 Å². The van der Waals surface area contributed by atoms with Crippen LogP contribution in [-0.4, -0.2) is 19.9 Å². The van der Waals surface area contributed by atoms with Crippen molar-refractivity contribution in [3.8, 4) is 101 Å². The monoisotopic (exact) mass is 766 g/mol. The highest BCUT2D eigenvalue weighted by atomic mass is 14.9. The number of nitrogens with zero attached hydrogens (tertiary/aromatic N) is 4. The Morgan fingerprint density at radius 2 is 0.500 bits per heavy atom. The predicted molar refractivity (Wildman–Crippen MR) is 247 cm³/mol. The van der Waals surface area contributed by atoms with Gasteiger partial charge in [0.25, 0.3) is 0 Å². The first kappa shape index (κ1) is 36.3. The summed E-state index contributed by atoms with van der Waals surface area (Å²) in [4.78, 5) is 20.2. The summed E-state index contributed by atoms with van der Waals surface area (Å²) in [5.74, 6) is 0.645. The molecule has 10 rings (SSSR count). The second kappa shape index (κ2) is 16.4. The second-order valence-corrected chi connectivity index (χ2v) is 14.8. The molecule has 0 N–H and O–H groups in total. The molecule has 60 heavy (non-hydrogen) atoms. The third-order valence-electron chi connectivity index (χ3n) is 10.7. The van der Waals surface area contributed by atoms with Crippen LogP contribution >= 0.6 is 0 Å². The Balaban J connectivity index is 1.24. The van der Waals surface area contributed by atoms with E-state index in [9.17, 15) is 0 Å². The van der Waals surface area contributed by atoms with Gasteiger partial charge in [0.2, 0.25) is 0 Å². The molecule has 0 saturated heterocycles. The van der Waals surface area contributed by atoms with Gasteiger partial charge in [0.1, 0.15) is 0 Å². The van der Waals surface area contributed by atoms with Crippen molar-refractivity contribution in [3.63, 3.8) is 0 Å². The molecule has 4 nitrogen and oxygen atoms in total. The van der Waals surface area contributed by atoms with Crippen LogP contribution in [0.15, 0.2) is 231 Å². The van der Waals surface area contributed by atoms with Gasteiger partial charge < -0.3 is 0 Å². The lowest BCUT2D eigenvalue weighted by Crippen LogP contribution is -1.97. The molecule has 0 spiro atoms. The number of aromatic nitrogens is 4. The minimum atomic E-state index is 0.645. The fourth-order valence-electron chi connectivity index (χ4n) is 7.73. The van der Waals surface area contributed by atoms with Gasteiger partial charge >= 0.3 is 0 Å². The van der Waals surface area contributed by atoms with Gasteiger partial charge in [-0.2, -0.15) is 0 Å². The lowest BCUT2D eigenvalue weighted by Gasteiger charge is -2.16. The molecule has 0 unspecified atom stereocenters. The van der Waals surface area contributed by atoms with Crippen molar-refractivity contribution in [2.75, 3.05) is 0 Å². The van der Waals surface area contributed by atoms with Crippen molar-refractivity contribution in [3.05, 3.63) is 231 Å². The van der Waals surface area contributed by atoms with Crippen LogP contribution in [0.2, 0.25) is 0 Å². The zero-order chi connectivity index (χ0) is 40.1. The van der Waals surface area contributed by atoms with Crippen LogP contribution in [0.1, 0.15) is 0 Å². The van der Waals surface area contributed by atoms with E-state index in [4.69, 9.17) is 19.9 Å². The fraction of sp³-hybridized carbons (Fsp3) is 0. The smallest absolute Gasteiger partial charge is 0.160 e. The molecule has 0 aliphatic rings. The highest BCUT2D eigenvalue weighted by molar-refractivity contribution is 5.88. The van der Waals surface area contributed by atoms with E-state index in [1.165, 1.54) is 0 Å². The maximum Gasteiger partial charge on any atom is 0.160 e. The van der Waals surface area contributed by atoms with Gasteiger partial charge in [0, 0.05) is 40.2 Å². The molecule has 0 saturated carbocycles. The van der Waals surface area contributed by atoms with Gasteiger partial charge in [0.05, 0.1) is 22.8 Å². The molecular formula is C56H38N4. The molecule has 0 atom stereocenters. The Hall–Kier alpha value is -8.08. The minimum Gasteiger partial charge on any atom is -0.256 e. The van der Waals surface area contributed by atoms with E-state index in [2.05, 4.69) is 182 Å². The summed E-state index contributed by atoms with van der Waals surface area (Å²) >= 11 is 0. The fourth-order valence-corrected chi connectivity index (χ4v) is 7.73. The van der Waals surface area contributed by atoms with E-state index in [1.807, 2.05) is 48.8 Å². The second-order valence-electron chi connectivity index (χ2n) is 14.8. The van der Waals surface area contributed by atoms with Crippen LogP contribution < -0.4 is 0 Å². The van der Waals surface area contributed by atoms with Gasteiger partial charge in [-0.25, -0.2) is 9.97 Å². The van der Waals surface area contributed by atoms with Crippen molar-refractivity contribution in [1.29, 1.82) is 0 Å². The highest BCUT2D eigenvalue weighted by Gasteiger charge is 2.17. The van der Waals surface area contributed by atoms with Crippen LogP contribution in [0.4, 0.5) is 0 Å². The quantitative estimate of drug-likeness (QED) is 0.147. The third-order valence-corrected chi connectivity index (χ3v) is 10.7. The first-order valence-corrected chi connectivity index (χ1v) is 20.1. The Morgan fingerprint density at radius 1 is 0.200 bits per heavy atom. The Morgan fingerprint density at radius 3 is 0.850 bits per heavy atom. The number of benzene rings is 7. The summed E-state index contributed by atoms with van der Waals surface area (Å²) in [6.07, 6.45) is 3.70. The zero-order valence-electron chi connectivity index (χ0n) is 32.7. The number of rotatable bonds is 9. The van der Waals surface area contributed by atoms with Crippen molar-refractivity contribution in [2.45, 2.75) is 0 Å². The summed E-state index contributed by atoms with van der Waals surface area (Å²) in [5.41, 5.74) is 17.3. The lowest BCUT2D eigenvalue weighted by atomic mass is 9.90. The maximum absolute atomic E-state index is 5.30. The van der Waals surface area contributed by atoms with Crippen LogP contribution in [0.25, 0.3) is 101 Å². The summed E-state index contributed by atoms with van der Waals surface area (Å²) in [6, 6.07) is 76.2. The molecule has 7 aromatic carbocycles. The average Bonchev–Trinajstić information content (AvgIpc) is 3.35. The molecule has 0 aliphatic carbocycles. The summed E-state index contributed by atoms with van der Waals surface area (Å²) in [5, 5.41) is 0. The summed E-state index contributed by atoms with van der Waals surface area (Å²) in [6.45, 7) is 0. The average molecular weight is 767 g/mol. The zero-order valence-corrected chi connectivity index (χ0v) is 32.7. The lowest BCUT2D eigenvalue weighted by molar-refractivity contribution is 1.18. The summed E-state index contributed by atoms with van der Waals surface area (Å²) in [7, 11) is 0. The Kier molecular flexibility index (Phi) is 9.92. The van der Waals surface area contributed by atoms with Crippen LogP contribution in [0.5, 0.6) is 0 Å². The van der Waals surface area contributed by atoms with E-state index in [1.54, 1.807) is 0 Å². The van der Waals surface area contributed by atoms with Gasteiger partial charge in [-0.3, -0.25) is 9.97 Å². The van der Waals surface area contributed by atoms with Crippen LogP contribution in [0.3, 0.4) is 0 Å². The molecule has 10 aromatic rings. The van der Waals surface area contributed by atoms with Crippen LogP contribution in [-0.2, 0) is 0 Å². The molecule has 0 amide bonds. The van der Waals surface area contributed by atoms with Crippen molar-refractivity contribution in [1.82, 2.24) is 19.9 Å². The standard InChI is InChI=1S/C56H38N4/c1-5-17-39(18-6-1)43-29-45(34-49(32-43)52-25-13-15-27-57-52)47-31-48(46-30-44(40-19-7-2-8-20-40)33-50(35-46)53-26-14-16-28-58-53)37-51(36-47)56-59-54(41-21-9-3-10-22-41)38-55(60-56)42-23-11-4-12-24-42/h1-38H. The molecule has 0 radical (unpaired) electrons. The number of hydrogen-bond acceptors (Lipinski definition) is 4. The molecule has 3 heterocycles. The van der Waals surface area contributed by atoms with E-state index < -0.39 is 0 Å². The van der Waals surface area contributed by atoms with Crippen molar-refractivity contribution < 1.29 is 0 Å². The Bertz CT molecular complexity index is 2530. The number of hydrogen-bond donors (Lipinski definition) is 0. The van der Waals surface area contributed by atoms with E-state index in [-0.39, 0.29) is 0 Å². The minimum absolute atomic E-state index is 0.645. The van der Waals surface area contributed by atoms with Crippen LogP contribution in [0, 0.1) is 0 Å². The predicted octanol–water partition coefficient (Wildman–Crippen LogP) is 14.3. The third kappa shape index (κ3) is 7.78. The van der Waals surface area contributed by atoms with E-state index in [0.29, 0.717) is 5.82 Å².